The molecule has 0 saturated carbocycles. The van der Waals surface area contributed by atoms with Gasteiger partial charge in [-0.15, -0.1) is 0 Å². The number of aromatic amines is 1. The molecule has 2 N–H and O–H groups in total. The Morgan fingerprint density at radius 2 is 2.19 bits per heavy atom. The molecule has 2 rings (SSSR count). The van der Waals surface area contributed by atoms with Gasteiger partial charge >= 0.3 is 5.69 Å². The molecule has 1 aromatic heterocycles. The summed E-state index contributed by atoms with van der Waals surface area (Å²) in [6.07, 6.45) is -0.334. The van der Waals surface area contributed by atoms with E-state index in [0.29, 0.717) is 5.56 Å². The van der Waals surface area contributed by atoms with Crippen LogP contribution in [-0.4, -0.2) is 48.1 Å². The molecule has 0 aliphatic carbocycles. The van der Waals surface area contributed by atoms with Gasteiger partial charge in [0.25, 0.3) is 15.7 Å². The van der Waals surface area contributed by atoms with Gasteiger partial charge in [0, 0.05) is 18.2 Å². The molecule has 0 amide bonds. The molecule has 0 unspecified atom stereocenters. The highest BCUT2D eigenvalue weighted by atomic mass is 32.2. The molecule has 0 spiro atoms. The number of aliphatic hydroxyl groups is 1. The fourth-order valence-corrected chi connectivity index (χ4v) is 2.41. The van der Waals surface area contributed by atoms with Crippen LogP contribution in [0.25, 0.3) is 0 Å². The maximum atomic E-state index is 11.7. The molecule has 0 radical (unpaired) electrons. The van der Waals surface area contributed by atoms with Crippen molar-refractivity contribution in [3.05, 3.63) is 32.6 Å². The molecule has 1 aliphatic rings. The molecule has 21 heavy (non-hydrogen) atoms. The van der Waals surface area contributed by atoms with E-state index in [9.17, 15) is 23.1 Å². The second-order valence-corrected chi connectivity index (χ2v) is 6.54. The van der Waals surface area contributed by atoms with Gasteiger partial charge in [-0.05, 0) is 6.92 Å². The van der Waals surface area contributed by atoms with Crippen LogP contribution in [0.2, 0.25) is 0 Å². The van der Waals surface area contributed by atoms with Crippen LogP contribution in [0.5, 0.6) is 0 Å². The van der Waals surface area contributed by atoms with Crippen LogP contribution in [-0.2, 0) is 19.0 Å². The Kier molecular flexibility index (Phi) is 4.33. The van der Waals surface area contributed by atoms with Crippen molar-refractivity contribution in [3.63, 3.8) is 0 Å². The second kappa shape index (κ2) is 5.72. The minimum Gasteiger partial charge on any atom is -0.390 e. The van der Waals surface area contributed by atoms with Crippen LogP contribution in [0.3, 0.4) is 0 Å². The van der Waals surface area contributed by atoms with Crippen molar-refractivity contribution in [1.82, 2.24) is 9.55 Å². The van der Waals surface area contributed by atoms with Crippen molar-refractivity contribution in [2.75, 3.05) is 12.9 Å². The highest BCUT2D eigenvalue weighted by molar-refractivity contribution is 7.85. The highest BCUT2D eigenvalue weighted by Gasteiger charge is 2.36. The van der Waals surface area contributed by atoms with E-state index in [1.54, 1.807) is 0 Å². The van der Waals surface area contributed by atoms with Crippen LogP contribution in [0, 0.1) is 6.92 Å². The Labute approximate surface area is 120 Å². The first-order valence-corrected chi connectivity index (χ1v) is 7.99. The average Bonchev–Trinajstić information content (AvgIpc) is 2.72. The van der Waals surface area contributed by atoms with Crippen LogP contribution >= 0.6 is 0 Å². The molecular weight excluding hydrogens is 304 g/mol. The highest BCUT2D eigenvalue weighted by Crippen LogP contribution is 2.27. The van der Waals surface area contributed by atoms with Crippen molar-refractivity contribution in [1.29, 1.82) is 0 Å². The first-order chi connectivity index (χ1) is 9.67. The van der Waals surface area contributed by atoms with Crippen LogP contribution in [0.4, 0.5) is 0 Å². The van der Waals surface area contributed by atoms with E-state index in [1.807, 2.05) is 0 Å². The van der Waals surface area contributed by atoms with E-state index < -0.39 is 39.8 Å². The van der Waals surface area contributed by atoms with E-state index in [4.69, 9.17) is 4.74 Å². The third-order valence-corrected chi connectivity index (χ3v) is 3.67. The van der Waals surface area contributed by atoms with Crippen LogP contribution in [0.15, 0.2) is 15.8 Å². The van der Waals surface area contributed by atoms with Gasteiger partial charge < -0.3 is 9.84 Å². The number of hydrogen-bond donors (Lipinski definition) is 2. The zero-order valence-electron chi connectivity index (χ0n) is 11.5. The van der Waals surface area contributed by atoms with Crippen molar-refractivity contribution in [2.45, 2.75) is 31.8 Å². The first kappa shape index (κ1) is 15.9. The molecule has 118 valence electrons. The van der Waals surface area contributed by atoms with Gasteiger partial charge in [0.15, 0.2) is 0 Å². The Morgan fingerprint density at radius 1 is 1.52 bits per heavy atom. The Balaban J connectivity index is 2.16. The lowest BCUT2D eigenvalue weighted by Crippen LogP contribution is -2.33. The molecule has 9 nitrogen and oxygen atoms in total. The van der Waals surface area contributed by atoms with Gasteiger partial charge in [-0.25, -0.2) is 4.79 Å². The van der Waals surface area contributed by atoms with Crippen LogP contribution in [0.1, 0.15) is 18.2 Å². The molecule has 1 fully saturated rings. The summed E-state index contributed by atoms with van der Waals surface area (Å²) in [5.74, 6) is 0. The van der Waals surface area contributed by atoms with E-state index in [0.717, 1.165) is 10.8 Å². The number of aryl methyl sites for hydroxylation is 1. The molecule has 2 heterocycles. The van der Waals surface area contributed by atoms with Gasteiger partial charge in [-0.1, -0.05) is 0 Å². The van der Waals surface area contributed by atoms with Crippen molar-refractivity contribution in [3.8, 4) is 0 Å². The van der Waals surface area contributed by atoms with Gasteiger partial charge in [-0.3, -0.25) is 18.5 Å². The summed E-state index contributed by atoms with van der Waals surface area (Å²) in [6.45, 7) is 1.19. The predicted molar refractivity (Wildman–Crippen MR) is 71.4 cm³/mol. The fraction of sp³-hybridized carbons (Fsp3) is 0.636. The Hall–Kier alpha value is -1.49. The second-order valence-electron chi connectivity index (χ2n) is 4.90. The smallest absolute Gasteiger partial charge is 0.330 e. The molecular formula is C11H16N2O7S. The predicted octanol–water partition coefficient (Wildman–Crippen LogP) is -1.53. The first-order valence-electron chi connectivity index (χ1n) is 6.17. The third kappa shape index (κ3) is 3.79. The minimum atomic E-state index is -3.64. The summed E-state index contributed by atoms with van der Waals surface area (Å²) in [4.78, 5) is 25.2. The zero-order valence-corrected chi connectivity index (χ0v) is 12.3. The summed E-state index contributed by atoms with van der Waals surface area (Å²) >= 11 is 0. The molecule has 1 saturated heterocycles. The van der Waals surface area contributed by atoms with Crippen LogP contribution < -0.4 is 11.2 Å². The summed E-state index contributed by atoms with van der Waals surface area (Å²) in [5.41, 5.74) is -0.831. The number of aliphatic hydroxyl groups excluding tert-OH is 1. The van der Waals surface area contributed by atoms with E-state index in [-0.39, 0.29) is 13.0 Å². The van der Waals surface area contributed by atoms with Gasteiger partial charge in [-0.2, -0.15) is 8.42 Å². The van der Waals surface area contributed by atoms with E-state index in [2.05, 4.69) is 9.17 Å². The molecule has 1 aliphatic heterocycles. The number of nitrogens with one attached hydrogen (secondary N) is 1. The molecule has 0 aromatic carbocycles. The Morgan fingerprint density at radius 3 is 2.81 bits per heavy atom. The number of nitrogens with zero attached hydrogens (tertiary/aromatic N) is 1. The Bertz CT molecular complexity index is 736. The number of ether oxygens (including phenoxy) is 1. The summed E-state index contributed by atoms with van der Waals surface area (Å²) in [7, 11) is -3.64. The standard InChI is InChI=1S/C11H16N2O7S/c1-6-4-13(11(16)12-10(6)15)9-3-7(14)8(20-9)5-19-21(2,17)18/h4,7-9,14H,3,5H2,1-2H3,(H,12,15,16)/t7-,8+,9+/m0/s1. The third-order valence-electron chi connectivity index (χ3n) is 3.11. The lowest BCUT2D eigenvalue weighted by atomic mass is 10.2. The summed E-state index contributed by atoms with van der Waals surface area (Å²) in [5, 5.41) is 9.85. The topological polar surface area (TPSA) is 128 Å². The van der Waals surface area contributed by atoms with E-state index in [1.165, 1.54) is 13.1 Å². The maximum Gasteiger partial charge on any atom is 0.330 e. The monoisotopic (exact) mass is 320 g/mol. The number of aromatic nitrogens is 2. The van der Waals surface area contributed by atoms with Gasteiger partial charge in [0.2, 0.25) is 0 Å². The van der Waals surface area contributed by atoms with Gasteiger partial charge in [0.05, 0.1) is 19.0 Å². The molecule has 3 atom stereocenters. The minimum absolute atomic E-state index is 0.0865. The number of rotatable bonds is 4. The average molecular weight is 320 g/mol. The summed E-state index contributed by atoms with van der Waals surface area (Å²) < 4.78 is 33.0. The van der Waals surface area contributed by atoms with Crippen molar-refractivity contribution < 1.29 is 22.4 Å². The quantitative estimate of drug-likeness (QED) is 0.644. The van der Waals surface area contributed by atoms with E-state index >= 15 is 0 Å². The van der Waals surface area contributed by atoms with Gasteiger partial charge in [0.1, 0.15) is 12.3 Å². The molecule has 0 bridgehead atoms. The van der Waals surface area contributed by atoms with Crippen molar-refractivity contribution >= 4 is 10.1 Å². The molecule has 1 aromatic rings. The van der Waals surface area contributed by atoms with Crippen molar-refractivity contribution in [2.24, 2.45) is 0 Å². The largest absolute Gasteiger partial charge is 0.390 e. The maximum absolute atomic E-state index is 11.7. The lowest BCUT2D eigenvalue weighted by molar-refractivity contribution is -0.0398. The number of H-pyrrole nitrogens is 1. The number of hydrogen-bond acceptors (Lipinski definition) is 7. The fourth-order valence-electron chi connectivity index (χ4n) is 2.03. The SMILES string of the molecule is Cc1cn([C@H]2C[C@H](O)[C@@H](COS(C)(=O)=O)O2)c(=O)[nH]c1=O. The normalized spacial score (nSPS) is 26.1. The zero-order chi connectivity index (χ0) is 15.8. The lowest BCUT2D eigenvalue weighted by Gasteiger charge is -2.15. The summed E-state index contributed by atoms with van der Waals surface area (Å²) in [6, 6.07) is 0. The molecule has 10 heteroatoms.